The van der Waals surface area contributed by atoms with Gasteiger partial charge in [0.1, 0.15) is 5.82 Å². The zero-order chi connectivity index (χ0) is 15.0. The van der Waals surface area contributed by atoms with Gasteiger partial charge in [-0.15, -0.1) is 0 Å². The van der Waals surface area contributed by atoms with E-state index in [2.05, 4.69) is 31.2 Å². The summed E-state index contributed by atoms with van der Waals surface area (Å²) in [6.45, 7) is 0. The molecule has 0 atom stereocenters. The summed E-state index contributed by atoms with van der Waals surface area (Å²) >= 11 is 3.33. The second-order valence-electron chi connectivity index (χ2n) is 4.42. The number of amides is 1. The third kappa shape index (κ3) is 2.73. The molecule has 0 saturated heterocycles. The van der Waals surface area contributed by atoms with Crippen LogP contribution in [0.1, 0.15) is 10.4 Å². The van der Waals surface area contributed by atoms with E-state index >= 15 is 0 Å². The number of rotatable bonds is 2. The van der Waals surface area contributed by atoms with Gasteiger partial charge in [0, 0.05) is 10.0 Å². The molecular formula is C14H9BrFN3O2. The normalized spacial score (nSPS) is 10.8. The Kier molecular flexibility index (Phi) is 3.34. The van der Waals surface area contributed by atoms with Gasteiger partial charge in [0.25, 0.3) is 5.91 Å². The predicted molar refractivity (Wildman–Crippen MR) is 81.0 cm³/mol. The SMILES string of the molecule is O=C(Nc1cc2[nH]c(=O)[nH]c2cc1Br)c1ccc(F)cc1. The summed E-state index contributed by atoms with van der Waals surface area (Å²) < 4.78 is 13.5. The number of halogens is 2. The third-order valence-corrected chi connectivity index (χ3v) is 3.61. The number of aromatic amines is 2. The van der Waals surface area contributed by atoms with Crippen molar-refractivity contribution in [1.29, 1.82) is 0 Å². The maximum absolute atomic E-state index is 12.8. The van der Waals surface area contributed by atoms with Gasteiger partial charge in [-0.2, -0.15) is 0 Å². The van der Waals surface area contributed by atoms with Crippen molar-refractivity contribution in [1.82, 2.24) is 9.97 Å². The Morgan fingerprint density at radius 3 is 2.38 bits per heavy atom. The minimum absolute atomic E-state index is 0.320. The molecule has 0 bridgehead atoms. The summed E-state index contributed by atoms with van der Waals surface area (Å²) in [7, 11) is 0. The molecule has 0 unspecified atom stereocenters. The monoisotopic (exact) mass is 349 g/mol. The van der Waals surface area contributed by atoms with Gasteiger partial charge in [0.2, 0.25) is 0 Å². The van der Waals surface area contributed by atoms with E-state index in [4.69, 9.17) is 0 Å². The van der Waals surface area contributed by atoms with Crippen molar-refractivity contribution in [2.75, 3.05) is 5.32 Å². The lowest BCUT2D eigenvalue weighted by Gasteiger charge is -2.07. The average molecular weight is 350 g/mol. The van der Waals surface area contributed by atoms with Gasteiger partial charge in [0.15, 0.2) is 0 Å². The van der Waals surface area contributed by atoms with E-state index in [0.29, 0.717) is 26.8 Å². The zero-order valence-corrected chi connectivity index (χ0v) is 12.1. The molecule has 21 heavy (non-hydrogen) atoms. The molecule has 1 amide bonds. The standard InChI is InChI=1S/C14H9BrFN3O2/c15-9-5-11-12(19-14(21)18-11)6-10(9)17-13(20)7-1-3-8(16)4-2-7/h1-6H,(H,17,20)(H2,18,19,21). The van der Waals surface area contributed by atoms with Crippen molar-refractivity contribution in [3.8, 4) is 0 Å². The molecule has 0 aliphatic carbocycles. The average Bonchev–Trinajstić information content (AvgIpc) is 2.79. The number of hydrogen-bond donors (Lipinski definition) is 3. The Bertz CT molecular complexity index is 883. The number of fused-ring (bicyclic) bond motifs is 1. The number of nitrogens with one attached hydrogen (secondary N) is 3. The third-order valence-electron chi connectivity index (χ3n) is 2.96. The van der Waals surface area contributed by atoms with E-state index in [-0.39, 0.29) is 11.6 Å². The van der Waals surface area contributed by atoms with E-state index in [9.17, 15) is 14.0 Å². The van der Waals surface area contributed by atoms with Crippen LogP contribution in [0.15, 0.2) is 45.7 Å². The molecule has 3 aromatic rings. The van der Waals surface area contributed by atoms with Crippen molar-refractivity contribution in [2.24, 2.45) is 0 Å². The molecule has 3 N–H and O–H groups in total. The lowest BCUT2D eigenvalue weighted by molar-refractivity contribution is 0.102. The Morgan fingerprint density at radius 2 is 1.71 bits per heavy atom. The number of imidazole rings is 1. The summed E-state index contributed by atoms with van der Waals surface area (Å²) in [5.41, 5.74) is 1.74. The molecule has 3 rings (SSSR count). The van der Waals surface area contributed by atoms with Crippen molar-refractivity contribution < 1.29 is 9.18 Å². The molecule has 1 heterocycles. The molecule has 7 heteroatoms. The predicted octanol–water partition coefficient (Wildman–Crippen LogP) is 3.01. The molecule has 106 valence electrons. The maximum Gasteiger partial charge on any atom is 0.323 e. The van der Waals surface area contributed by atoms with E-state index in [1.54, 1.807) is 12.1 Å². The number of H-pyrrole nitrogens is 2. The smallest absolute Gasteiger partial charge is 0.321 e. The summed E-state index contributed by atoms with van der Waals surface area (Å²) in [6, 6.07) is 8.56. The van der Waals surface area contributed by atoms with Crippen LogP contribution >= 0.6 is 15.9 Å². The van der Waals surface area contributed by atoms with Crippen molar-refractivity contribution in [2.45, 2.75) is 0 Å². The van der Waals surface area contributed by atoms with Crippen LogP contribution in [0.25, 0.3) is 11.0 Å². The first kappa shape index (κ1) is 13.6. The van der Waals surface area contributed by atoms with Crippen molar-refractivity contribution in [3.05, 3.63) is 62.7 Å². The van der Waals surface area contributed by atoms with Crippen LogP contribution < -0.4 is 11.0 Å². The molecule has 1 aromatic heterocycles. The fraction of sp³-hybridized carbons (Fsp3) is 0. The Balaban J connectivity index is 1.93. The van der Waals surface area contributed by atoms with Gasteiger partial charge in [-0.1, -0.05) is 0 Å². The van der Waals surface area contributed by atoms with Crippen LogP contribution in [0.3, 0.4) is 0 Å². The molecule has 0 fully saturated rings. The highest BCUT2D eigenvalue weighted by Gasteiger charge is 2.10. The molecular weight excluding hydrogens is 341 g/mol. The first-order chi connectivity index (χ1) is 10.0. The highest BCUT2D eigenvalue weighted by Crippen LogP contribution is 2.26. The highest BCUT2D eigenvalue weighted by molar-refractivity contribution is 9.10. The molecule has 0 radical (unpaired) electrons. The fourth-order valence-electron chi connectivity index (χ4n) is 1.95. The van der Waals surface area contributed by atoms with Gasteiger partial charge in [-0.05, 0) is 52.3 Å². The first-order valence-corrected chi connectivity index (χ1v) is 6.81. The summed E-state index contributed by atoms with van der Waals surface area (Å²) in [4.78, 5) is 28.6. The van der Waals surface area contributed by atoms with E-state index in [1.165, 1.54) is 24.3 Å². The van der Waals surface area contributed by atoms with Gasteiger partial charge in [-0.3, -0.25) is 4.79 Å². The Morgan fingerprint density at radius 1 is 1.10 bits per heavy atom. The number of carbonyl (C=O) groups excluding carboxylic acids is 1. The summed E-state index contributed by atoms with van der Waals surface area (Å²) in [5.74, 6) is -0.771. The molecule has 0 spiro atoms. The maximum atomic E-state index is 12.8. The molecule has 0 aliphatic rings. The van der Waals surface area contributed by atoms with Crippen molar-refractivity contribution >= 4 is 38.6 Å². The quantitative estimate of drug-likeness (QED) is 0.664. The van der Waals surface area contributed by atoms with Crippen LogP contribution in [0.4, 0.5) is 10.1 Å². The summed E-state index contributed by atoms with van der Waals surface area (Å²) in [5, 5.41) is 2.70. The van der Waals surface area contributed by atoms with E-state index < -0.39 is 5.82 Å². The number of hydrogen-bond acceptors (Lipinski definition) is 2. The number of anilines is 1. The molecule has 0 saturated carbocycles. The first-order valence-electron chi connectivity index (χ1n) is 6.01. The van der Waals surface area contributed by atoms with E-state index in [1.807, 2.05) is 0 Å². The minimum Gasteiger partial charge on any atom is -0.321 e. The topological polar surface area (TPSA) is 77.8 Å². The molecule has 2 aromatic carbocycles. The highest BCUT2D eigenvalue weighted by atomic mass is 79.9. The zero-order valence-electron chi connectivity index (χ0n) is 10.5. The Labute approximate surface area is 126 Å². The van der Waals surface area contributed by atoms with Crippen LogP contribution in [0, 0.1) is 5.82 Å². The second-order valence-corrected chi connectivity index (χ2v) is 5.27. The number of carbonyl (C=O) groups is 1. The fourth-order valence-corrected chi connectivity index (χ4v) is 2.39. The van der Waals surface area contributed by atoms with Crippen LogP contribution in [-0.4, -0.2) is 15.9 Å². The van der Waals surface area contributed by atoms with Crippen LogP contribution in [-0.2, 0) is 0 Å². The van der Waals surface area contributed by atoms with Crippen molar-refractivity contribution in [3.63, 3.8) is 0 Å². The van der Waals surface area contributed by atoms with Gasteiger partial charge >= 0.3 is 5.69 Å². The molecule has 0 aliphatic heterocycles. The van der Waals surface area contributed by atoms with Gasteiger partial charge < -0.3 is 15.3 Å². The number of aromatic nitrogens is 2. The Hall–Kier alpha value is -2.41. The lowest BCUT2D eigenvalue weighted by Crippen LogP contribution is -2.12. The van der Waals surface area contributed by atoms with Crippen LogP contribution in [0.5, 0.6) is 0 Å². The van der Waals surface area contributed by atoms with Crippen LogP contribution in [0.2, 0.25) is 0 Å². The number of benzene rings is 2. The summed E-state index contributed by atoms with van der Waals surface area (Å²) in [6.07, 6.45) is 0. The van der Waals surface area contributed by atoms with Gasteiger partial charge in [0.05, 0.1) is 16.7 Å². The second kappa shape index (κ2) is 5.17. The minimum atomic E-state index is -0.404. The van der Waals surface area contributed by atoms with Gasteiger partial charge in [-0.25, -0.2) is 9.18 Å². The largest absolute Gasteiger partial charge is 0.323 e. The molecule has 5 nitrogen and oxygen atoms in total. The van der Waals surface area contributed by atoms with E-state index in [0.717, 1.165) is 0 Å². The lowest BCUT2D eigenvalue weighted by atomic mass is 10.2.